The van der Waals surface area contributed by atoms with Crippen LogP contribution < -0.4 is 0 Å². The highest BCUT2D eigenvalue weighted by molar-refractivity contribution is 8.01. The molecule has 1 aliphatic carbocycles. The lowest BCUT2D eigenvalue weighted by atomic mass is 9.62. The summed E-state index contributed by atoms with van der Waals surface area (Å²) in [6.07, 6.45) is 9.28. The minimum absolute atomic E-state index is 0.316. The second-order valence-corrected chi connectivity index (χ2v) is 10.8. The van der Waals surface area contributed by atoms with E-state index in [1.807, 2.05) is 0 Å². The molecule has 1 saturated heterocycles. The van der Waals surface area contributed by atoms with Crippen LogP contribution in [0.15, 0.2) is 18.2 Å². The summed E-state index contributed by atoms with van der Waals surface area (Å²) in [5.41, 5.74) is 8.53. The predicted molar refractivity (Wildman–Crippen MR) is 103 cm³/mol. The van der Waals surface area contributed by atoms with Crippen LogP contribution in [-0.2, 0) is 10.8 Å². The molecule has 2 atom stereocenters. The number of hydrogen-bond acceptors (Lipinski definition) is 1. The minimum atomic E-state index is 0.316. The third-order valence-electron chi connectivity index (χ3n) is 6.52. The van der Waals surface area contributed by atoms with Crippen molar-refractivity contribution in [1.82, 2.24) is 0 Å². The van der Waals surface area contributed by atoms with Crippen molar-refractivity contribution in [1.29, 1.82) is 0 Å². The summed E-state index contributed by atoms with van der Waals surface area (Å²) >= 11 is 2.21. The molecule has 1 heteroatoms. The molecular formula is C22H30S. The van der Waals surface area contributed by atoms with E-state index in [0.717, 1.165) is 10.5 Å². The van der Waals surface area contributed by atoms with E-state index in [1.54, 1.807) is 22.3 Å². The van der Waals surface area contributed by atoms with Crippen LogP contribution in [0.3, 0.4) is 0 Å². The highest BCUT2D eigenvalue weighted by atomic mass is 32.2. The first-order chi connectivity index (χ1) is 10.8. The third-order valence-corrected chi connectivity index (χ3v) is 8.03. The fourth-order valence-electron chi connectivity index (χ4n) is 4.81. The maximum atomic E-state index is 2.59. The minimum Gasteiger partial charge on any atom is -0.151 e. The van der Waals surface area contributed by atoms with Crippen LogP contribution in [-0.4, -0.2) is 10.5 Å². The van der Waals surface area contributed by atoms with Gasteiger partial charge in [0, 0.05) is 10.5 Å². The summed E-state index contributed by atoms with van der Waals surface area (Å²) in [6, 6.07) is 5.10. The Kier molecular flexibility index (Phi) is 3.54. The molecular weight excluding hydrogens is 296 g/mol. The average molecular weight is 327 g/mol. The first kappa shape index (κ1) is 15.8. The normalized spacial score (nSPS) is 30.7. The van der Waals surface area contributed by atoms with Crippen molar-refractivity contribution in [3.8, 4) is 0 Å². The van der Waals surface area contributed by atoms with E-state index in [2.05, 4.69) is 64.6 Å². The van der Waals surface area contributed by atoms with Crippen LogP contribution in [0.25, 0.3) is 5.57 Å². The van der Waals surface area contributed by atoms with Gasteiger partial charge in [-0.05, 0) is 77.7 Å². The van der Waals surface area contributed by atoms with Crippen molar-refractivity contribution in [2.45, 2.75) is 88.1 Å². The number of rotatable bonds is 1. The molecule has 0 nitrogen and oxygen atoms in total. The van der Waals surface area contributed by atoms with Gasteiger partial charge in [-0.1, -0.05) is 45.9 Å². The molecule has 2 bridgehead atoms. The number of benzene rings is 1. The van der Waals surface area contributed by atoms with Crippen LogP contribution in [0.5, 0.6) is 0 Å². The standard InChI is InChI=1S/C22H30S/c1-14-10-19-20(22(4,5)9-8-21(19,2)3)13-18(14)15-11-16-6-7-17(12-15)23-16/h10-11,13,16-17H,6-9,12H2,1-5H3. The SMILES string of the molecule is Cc1cc2c(cc1C1=CC3CCC(C1)S3)C(C)(C)CCC2(C)C. The number of hydrogen-bond donors (Lipinski definition) is 0. The molecule has 1 aromatic carbocycles. The number of aryl methyl sites for hydroxylation is 1. The first-order valence-corrected chi connectivity index (χ1v) is 10.2. The van der Waals surface area contributed by atoms with E-state index in [0.29, 0.717) is 10.8 Å². The summed E-state index contributed by atoms with van der Waals surface area (Å²) in [6.45, 7) is 12.1. The smallest absolute Gasteiger partial charge is 0.0236 e. The maximum absolute atomic E-state index is 2.59. The number of fused-ring (bicyclic) bond motifs is 3. The highest BCUT2D eigenvalue weighted by Gasteiger charge is 2.38. The molecule has 124 valence electrons. The highest BCUT2D eigenvalue weighted by Crippen LogP contribution is 2.49. The quantitative estimate of drug-likeness (QED) is 0.576. The number of allylic oxidation sites excluding steroid dienone is 1. The zero-order valence-electron chi connectivity index (χ0n) is 15.3. The molecule has 0 aromatic heterocycles. The van der Waals surface area contributed by atoms with Crippen LogP contribution in [0, 0.1) is 6.92 Å². The summed E-state index contributed by atoms with van der Waals surface area (Å²) in [5.74, 6) is 0. The van der Waals surface area contributed by atoms with Gasteiger partial charge in [0.25, 0.3) is 0 Å². The van der Waals surface area contributed by atoms with Crippen molar-refractivity contribution in [2.24, 2.45) is 0 Å². The van der Waals surface area contributed by atoms with Gasteiger partial charge >= 0.3 is 0 Å². The van der Waals surface area contributed by atoms with Gasteiger partial charge in [0.2, 0.25) is 0 Å². The van der Waals surface area contributed by atoms with Crippen molar-refractivity contribution >= 4 is 17.3 Å². The predicted octanol–water partition coefficient (Wildman–Crippen LogP) is 6.40. The molecule has 2 heterocycles. The van der Waals surface area contributed by atoms with E-state index in [1.165, 1.54) is 37.7 Å². The van der Waals surface area contributed by atoms with Crippen LogP contribution >= 0.6 is 11.8 Å². The Morgan fingerprint density at radius 3 is 2.26 bits per heavy atom. The van der Waals surface area contributed by atoms with Gasteiger partial charge < -0.3 is 0 Å². The average Bonchev–Trinajstić information content (AvgIpc) is 2.82. The third kappa shape index (κ3) is 2.60. The molecule has 2 aliphatic heterocycles. The van der Waals surface area contributed by atoms with Gasteiger partial charge in [0.15, 0.2) is 0 Å². The Morgan fingerprint density at radius 2 is 1.61 bits per heavy atom. The second kappa shape index (κ2) is 5.15. The summed E-state index contributed by atoms with van der Waals surface area (Å²) in [7, 11) is 0. The maximum Gasteiger partial charge on any atom is 0.0236 e. The van der Waals surface area contributed by atoms with E-state index >= 15 is 0 Å². The molecule has 0 spiro atoms. The van der Waals surface area contributed by atoms with E-state index < -0.39 is 0 Å². The first-order valence-electron chi connectivity index (χ1n) is 9.28. The Labute approximate surface area is 146 Å². The van der Waals surface area contributed by atoms with Crippen LogP contribution in [0.2, 0.25) is 0 Å². The van der Waals surface area contributed by atoms with Gasteiger partial charge in [-0.15, -0.1) is 0 Å². The Morgan fingerprint density at radius 1 is 0.957 bits per heavy atom. The van der Waals surface area contributed by atoms with Gasteiger partial charge in [-0.25, -0.2) is 0 Å². The lowest BCUT2D eigenvalue weighted by Gasteiger charge is -2.42. The second-order valence-electron chi connectivity index (χ2n) is 9.25. The topological polar surface area (TPSA) is 0 Å². The molecule has 0 amide bonds. The number of thioether (sulfide) groups is 1. The fraction of sp³-hybridized carbons (Fsp3) is 0.636. The van der Waals surface area contributed by atoms with Crippen molar-refractivity contribution in [3.05, 3.63) is 40.5 Å². The molecule has 0 radical (unpaired) electrons. The van der Waals surface area contributed by atoms with Crippen LogP contribution in [0.4, 0.5) is 0 Å². The molecule has 3 aliphatic rings. The van der Waals surface area contributed by atoms with Gasteiger partial charge in [-0.3, -0.25) is 0 Å². The molecule has 23 heavy (non-hydrogen) atoms. The van der Waals surface area contributed by atoms with E-state index in [-0.39, 0.29) is 0 Å². The molecule has 2 unspecified atom stereocenters. The zero-order valence-corrected chi connectivity index (χ0v) is 16.1. The lowest BCUT2D eigenvalue weighted by Crippen LogP contribution is -2.34. The summed E-state index contributed by atoms with van der Waals surface area (Å²) in [4.78, 5) is 0. The Hall–Kier alpha value is -0.690. The van der Waals surface area contributed by atoms with Crippen molar-refractivity contribution in [2.75, 3.05) is 0 Å². The largest absolute Gasteiger partial charge is 0.151 e. The van der Waals surface area contributed by atoms with Gasteiger partial charge in [-0.2, -0.15) is 11.8 Å². The summed E-state index contributed by atoms with van der Waals surface area (Å²) < 4.78 is 0. The Balaban J connectivity index is 1.84. The van der Waals surface area contributed by atoms with Gasteiger partial charge in [0.05, 0.1) is 0 Å². The lowest BCUT2D eigenvalue weighted by molar-refractivity contribution is 0.331. The van der Waals surface area contributed by atoms with E-state index in [9.17, 15) is 0 Å². The summed E-state index contributed by atoms with van der Waals surface area (Å²) in [5, 5.41) is 1.66. The monoisotopic (exact) mass is 326 g/mol. The van der Waals surface area contributed by atoms with Crippen molar-refractivity contribution in [3.63, 3.8) is 0 Å². The molecule has 0 saturated carbocycles. The van der Waals surface area contributed by atoms with E-state index in [4.69, 9.17) is 0 Å². The Bertz CT molecular complexity index is 677. The van der Waals surface area contributed by atoms with Crippen molar-refractivity contribution < 1.29 is 0 Å². The zero-order chi connectivity index (χ0) is 16.4. The van der Waals surface area contributed by atoms with Gasteiger partial charge in [0.1, 0.15) is 0 Å². The fourth-order valence-corrected chi connectivity index (χ4v) is 6.37. The molecule has 1 aromatic rings. The molecule has 4 rings (SSSR count). The molecule has 1 fully saturated rings. The molecule has 0 N–H and O–H groups in total. The van der Waals surface area contributed by atoms with Crippen LogP contribution in [0.1, 0.15) is 82.1 Å².